The molecule has 118 valence electrons. The van der Waals surface area contributed by atoms with Gasteiger partial charge >= 0.3 is 0 Å². The molecule has 1 atom stereocenters. The SMILES string of the molecule is NC(=O)C1=NO[C@H](CNC(=O)c2n[nH]c3c2CCCCC3)C1. The van der Waals surface area contributed by atoms with E-state index in [1.165, 1.54) is 6.42 Å². The number of H-pyrrole nitrogens is 1. The normalized spacial score (nSPS) is 20.5. The fourth-order valence-electron chi connectivity index (χ4n) is 2.82. The quantitative estimate of drug-likeness (QED) is 0.679. The molecule has 2 amide bonds. The van der Waals surface area contributed by atoms with Crippen LogP contribution in [0.15, 0.2) is 5.16 Å². The van der Waals surface area contributed by atoms with E-state index in [4.69, 9.17) is 10.6 Å². The molecule has 0 saturated heterocycles. The number of aryl methyl sites for hydroxylation is 1. The van der Waals surface area contributed by atoms with E-state index < -0.39 is 5.91 Å². The molecule has 0 aromatic carbocycles. The molecule has 4 N–H and O–H groups in total. The second-order valence-electron chi connectivity index (χ2n) is 5.63. The minimum Gasteiger partial charge on any atom is -0.390 e. The molecular weight excluding hydrogens is 286 g/mol. The second-order valence-corrected chi connectivity index (χ2v) is 5.63. The van der Waals surface area contributed by atoms with Crippen molar-refractivity contribution in [3.63, 3.8) is 0 Å². The first-order valence-electron chi connectivity index (χ1n) is 7.52. The molecule has 3 rings (SSSR count). The van der Waals surface area contributed by atoms with Crippen molar-refractivity contribution >= 4 is 17.5 Å². The Hall–Kier alpha value is -2.38. The smallest absolute Gasteiger partial charge is 0.272 e. The number of nitrogens with two attached hydrogens (primary N) is 1. The van der Waals surface area contributed by atoms with Gasteiger partial charge in [-0.25, -0.2) is 0 Å². The van der Waals surface area contributed by atoms with Crippen molar-refractivity contribution < 1.29 is 14.4 Å². The lowest BCUT2D eigenvalue weighted by atomic mass is 10.1. The van der Waals surface area contributed by atoms with Crippen molar-refractivity contribution in [2.45, 2.75) is 44.6 Å². The van der Waals surface area contributed by atoms with Crippen LogP contribution in [0.3, 0.4) is 0 Å². The van der Waals surface area contributed by atoms with Gasteiger partial charge in [0.05, 0.1) is 6.54 Å². The first-order chi connectivity index (χ1) is 10.6. The Balaban J connectivity index is 1.57. The number of hydrogen-bond donors (Lipinski definition) is 3. The second kappa shape index (κ2) is 6.17. The lowest BCUT2D eigenvalue weighted by Gasteiger charge is -2.09. The predicted molar refractivity (Wildman–Crippen MR) is 78.3 cm³/mol. The summed E-state index contributed by atoms with van der Waals surface area (Å²) in [6.07, 6.45) is 5.15. The summed E-state index contributed by atoms with van der Waals surface area (Å²) in [6, 6.07) is 0. The number of carbonyl (C=O) groups is 2. The molecule has 1 aliphatic heterocycles. The van der Waals surface area contributed by atoms with E-state index >= 15 is 0 Å². The van der Waals surface area contributed by atoms with Gasteiger partial charge < -0.3 is 15.9 Å². The average molecular weight is 305 g/mol. The Labute approximate surface area is 127 Å². The zero-order valence-corrected chi connectivity index (χ0v) is 12.2. The number of rotatable bonds is 4. The third kappa shape index (κ3) is 2.95. The minimum atomic E-state index is -0.591. The summed E-state index contributed by atoms with van der Waals surface area (Å²) in [6.45, 7) is 0.265. The summed E-state index contributed by atoms with van der Waals surface area (Å²) >= 11 is 0. The van der Waals surface area contributed by atoms with Gasteiger partial charge in [0.15, 0.2) is 11.8 Å². The Morgan fingerprint density at radius 2 is 2.14 bits per heavy atom. The number of carbonyl (C=O) groups excluding carboxylic acids is 2. The number of nitrogens with one attached hydrogen (secondary N) is 2. The van der Waals surface area contributed by atoms with Gasteiger partial charge in [0, 0.05) is 17.7 Å². The van der Waals surface area contributed by atoms with Crippen molar-refractivity contribution in [2.24, 2.45) is 10.9 Å². The predicted octanol–water partition coefficient (Wildman–Crippen LogP) is 0.0386. The molecule has 0 spiro atoms. The lowest BCUT2D eigenvalue weighted by Crippen LogP contribution is -2.34. The topological polar surface area (TPSA) is 122 Å². The van der Waals surface area contributed by atoms with Gasteiger partial charge in [-0.1, -0.05) is 11.6 Å². The fraction of sp³-hybridized carbons (Fsp3) is 0.571. The van der Waals surface area contributed by atoms with Gasteiger partial charge in [-0.05, 0) is 25.7 Å². The van der Waals surface area contributed by atoms with E-state index in [1.807, 2.05) is 0 Å². The van der Waals surface area contributed by atoms with Gasteiger partial charge in [-0.15, -0.1) is 0 Å². The summed E-state index contributed by atoms with van der Waals surface area (Å²) < 4.78 is 0. The van der Waals surface area contributed by atoms with E-state index in [2.05, 4.69) is 20.7 Å². The van der Waals surface area contributed by atoms with Crippen LogP contribution < -0.4 is 11.1 Å². The molecule has 22 heavy (non-hydrogen) atoms. The van der Waals surface area contributed by atoms with Crippen LogP contribution in [0.5, 0.6) is 0 Å². The maximum atomic E-state index is 12.3. The van der Waals surface area contributed by atoms with Crippen LogP contribution in [0.4, 0.5) is 0 Å². The monoisotopic (exact) mass is 305 g/mol. The van der Waals surface area contributed by atoms with Crippen molar-refractivity contribution in [1.29, 1.82) is 0 Å². The fourth-order valence-corrected chi connectivity index (χ4v) is 2.82. The van der Waals surface area contributed by atoms with E-state index in [-0.39, 0.29) is 24.3 Å². The standard InChI is InChI=1S/C14H19N5O3/c15-13(20)11-6-8(22-19-11)7-16-14(21)12-9-4-2-1-3-5-10(9)17-18-12/h8H,1-7H2,(H2,15,20)(H,16,21)(H,17,18)/t8-/m0/s1. The number of aromatic nitrogens is 2. The van der Waals surface area contributed by atoms with Gasteiger partial charge in [0.2, 0.25) is 0 Å². The number of amides is 2. The summed E-state index contributed by atoms with van der Waals surface area (Å²) in [5.74, 6) is -0.818. The van der Waals surface area contributed by atoms with E-state index in [9.17, 15) is 9.59 Å². The van der Waals surface area contributed by atoms with Gasteiger partial charge in [-0.2, -0.15) is 5.10 Å². The number of fused-ring (bicyclic) bond motifs is 1. The Morgan fingerprint density at radius 3 is 2.91 bits per heavy atom. The molecule has 8 nitrogen and oxygen atoms in total. The zero-order valence-electron chi connectivity index (χ0n) is 12.2. The molecule has 2 heterocycles. The molecule has 2 aliphatic rings. The lowest BCUT2D eigenvalue weighted by molar-refractivity contribution is -0.112. The Bertz CT molecular complexity index is 622. The van der Waals surface area contributed by atoms with Gasteiger partial charge in [0.1, 0.15) is 5.71 Å². The van der Waals surface area contributed by atoms with Crippen molar-refractivity contribution in [2.75, 3.05) is 6.54 Å². The van der Waals surface area contributed by atoms with Gasteiger partial charge in [0.25, 0.3) is 11.8 Å². The Morgan fingerprint density at radius 1 is 1.32 bits per heavy atom. The highest BCUT2D eigenvalue weighted by Crippen LogP contribution is 2.21. The van der Waals surface area contributed by atoms with Crippen molar-refractivity contribution in [3.8, 4) is 0 Å². The van der Waals surface area contributed by atoms with Crippen LogP contribution in [-0.4, -0.2) is 40.4 Å². The molecule has 0 radical (unpaired) electrons. The van der Waals surface area contributed by atoms with Crippen LogP contribution >= 0.6 is 0 Å². The van der Waals surface area contributed by atoms with E-state index in [1.54, 1.807) is 0 Å². The molecule has 1 aromatic heterocycles. The molecular formula is C14H19N5O3. The van der Waals surface area contributed by atoms with Crippen LogP contribution in [0.2, 0.25) is 0 Å². The molecule has 0 saturated carbocycles. The van der Waals surface area contributed by atoms with Crippen LogP contribution in [-0.2, 0) is 22.5 Å². The number of nitrogens with zero attached hydrogens (tertiary/aromatic N) is 2. The molecule has 0 fully saturated rings. The summed E-state index contributed by atoms with van der Waals surface area (Å²) in [4.78, 5) is 28.3. The third-order valence-corrected chi connectivity index (χ3v) is 4.03. The molecule has 8 heteroatoms. The highest BCUT2D eigenvalue weighted by Gasteiger charge is 2.26. The first-order valence-corrected chi connectivity index (χ1v) is 7.52. The van der Waals surface area contributed by atoms with Crippen molar-refractivity contribution in [1.82, 2.24) is 15.5 Å². The van der Waals surface area contributed by atoms with E-state index in [0.717, 1.165) is 36.9 Å². The highest BCUT2D eigenvalue weighted by atomic mass is 16.6. The molecule has 1 aliphatic carbocycles. The number of aromatic amines is 1. The zero-order chi connectivity index (χ0) is 15.5. The average Bonchev–Trinajstić information content (AvgIpc) is 3.07. The number of hydrogen-bond acceptors (Lipinski definition) is 5. The first kappa shape index (κ1) is 14.6. The van der Waals surface area contributed by atoms with Crippen LogP contribution in [0.1, 0.15) is 47.4 Å². The molecule has 1 aromatic rings. The largest absolute Gasteiger partial charge is 0.390 e. The summed E-state index contributed by atoms with van der Waals surface area (Å²) in [7, 11) is 0. The maximum absolute atomic E-state index is 12.3. The maximum Gasteiger partial charge on any atom is 0.272 e. The Kier molecular flexibility index (Phi) is 4.08. The number of oxime groups is 1. The number of primary amides is 1. The third-order valence-electron chi connectivity index (χ3n) is 4.03. The van der Waals surface area contributed by atoms with Crippen LogP contribution in [0.25, 0.3) is 0 Å². The summed E-state index contributed by atoms with van der Waals surface area (Å²) in [5, 5.41) is 13.5. The van der Waals surface area contributed by atoms with Crippen molar-refractivity contribution in [3.05, 3.63) is 17.0 Å². The minimum absolute atomic E-state index is 0.202. The van der Waals surface area contributed by atoms with E-state index in [0.29, 0.717) is 12.1 Å². The van der Waals surface area contributed by atoms with Gasteiger partial charge in [-0.3, -0.25) is 14.7 Å². The highest BCUT2D eigenvalue weighted by molar-refractivity contribution is 6.38. The molecule has 0 unspecified atom stereocenters. The molecule has 0 bridgehead atoms. The van der Waals surface area contributed by atoms with Crippen LogP contribution in [0, 0.1) is 0 Å². The summed E-state index contributed by atoms with van der Waals surface area (Å²) in [5.41, 5.74) is 7.89.